The Morgan fingerprint density at radius 2 is 1.62 bits per heavy atom. The zero-order valence-electron chi connectivity index (χ0n) is 21.9. The van der Waals surface area contributed by atoms with E-state index < -0.39 is 5.97 Å². The van der Waals surface area contributed by atoms with Crippen LogP contribution in [-0.2, 0) is 17.8 Å². The van der Waals surface area contributed by atoms with Gasteiger partial charge in [0.1, 0.15) is 18.1 Å². The van der Waals surface area contributed by atoms with Crippen LogP contribution in [0.25, 0.3) is 0 Å². The van der Waals surface area contributed by atoms with E-state index >= 15 is 0 Å². The lowest BCUT2D eigenvalue weighted by Gasteiger charge is -2.22. The van der Waals surface area contributed by atoms with Crippen LogP contribution >= 0.6 is 0 Å². The maximum atomic E-state index is 13.6. The molecule has 0 bridgehead atoms. The summed E-state index contributed by atoms with van der Waals surface area (Å²) in [6.45, 7) is 7.28. The molecular weight excluding hydrogens is 466 g/mol. The van der Waals surface area contributed by atoms with Crippen molar-refractivity contribution in [2.45, 2.75) is 59.1 Å². The molecule has 0 radical (unpaired) electrons. The monoisotopic (exact) mass is 503 g/mol. The molecule has 0 aliphatic heterocycles. The van der Waals surface area contributed by atoms with E-state index in [4.69, 9.17) is 9.47 Å². The van der Waals surface area contributed by atoms with Gasteiger partial charge >= 0.3 is 5.97 Å². The van der Waals surface area contributed by atoms with Gasteiger partial charge in [0.2, 0.25) is 0 Å². The molecule has 0 spiro atoms. The number of rotatable bonds is 14. The smallest absolute Gasteiger partial charge is 0.303 e. The zero-order chi connectivity index (χ0) is 26.6. The van der Waals surface area contributed by atoms with Gasteiger partial charge in [-0.25, -0.2) is 0 Å². The molecule has 1 amide bonds. The first-order chi connectivity index (χ1) is 17.9. The maximum Gasteiger partial charge on any atom is 0.303 e. The predicted molar refractivity (Wildman–Crippen MR) is 145 cm³/mol. The summed E-state index contributed by atoms with van der Waals surface area (Å²) in [4.78, 5) is 24.8. The lowest BCUT2D eigenvalue weighted by atomic mass is 9.95. The molecule has 1 unspecified atom stereocenters. The lowest BCUT2D eigenvalue weighted by molar-refractivity contribution is -0.136. The van der Waals surface area contributed by atoms with Crippen molar-refractivity contribution in [1.29, 1.82) is 0 Å². The Labute approximate surface area is 219 Å². The fourth-order valence-corrected chi connectivity index (χ4v) is 4.07. The molecule has 3 aromatic carbocycles. The van der Waals surface area contributed by atoms with E-state index in [0.717, 1.165) is 35.5 Å². The van der Waals surface area contributed by atoms with Gasteiger partial charge < -0.3 is 19.9 Å². The number of para-hydroxylation sites is 1. The Morgan fingerprint density at radius 3 is 2.27 bits per heavy atom. The number of ether oxygens (including phenoxy) is 2. The first-order valence-corrected chi connectivity index (χ1v) is 12.9. The molecule has 0 aromatic heterocycles. The molecule has 0 saturated heterocycles. The van der Waals surface area contributed by atoms with E-state index in [1.165, 1.54) is 0 Å². The summed E-state index contributed by atoms with van der Waals surface area (Å²) in [5.74, 6) is 0.789. The number of carboxylic acid groups (broad SMARTS) is 1. The van der Waals surface area contributed by atoms with Gasteiger partial charge in [-0.15, -0.1) is 0 Å². The van der Waals surface area contributed by atoms with Crippen molar-refractivity contribution in [1.82, 2.24) is 5.32 Å². The van der Waals surface area contributed by atoms with E-state index in [1.807, 2.05) is 72.8 Å². The zero-order valence-corrected chi connectivity index (χ0v) is 21.9. The van der Waals surface area contributed by atoms with Crippen LogP contribution in [0.15, 0.2) is 72.8 Å². The van der Waals surface area contributed by atoms with E-state index in [-0.39, 0.29) is 24.8 Å². The minimum Gasteiger partial charge on any atom is -0.494 e. The second-order valence-corrected chi connectivity index (χ2v) is 9.56. The van der Waals surface area contributed by atoms with E-state index in [9.17, 15) is 14.7 Å². The van der Waals surface area contributed by atoms with Crippen molar-refractivity contribution in [2.75, 3.05) is 6.61 Å². The molecule has 3 aromatic rings. The Balaban J connectivity index is 1.82. The highest BCUT2D eigenvalue weighted by Crippen LogP contribution is 2.25. The van der Waals surface area contributed by atoms with Crippen LogP contribution in [-0.4, -0.2) is 23.6 Å². The number of carbonyl (C=O) groups is 2. The maximum absolute atomic E-state index is 13.6. The van der Waals surface area contributed by atoms with Gasteiger partial charge in [0.05, 0.1) is 12.6 Å². The summed E-state index contributed by atoms with van der Waals surface area (Å²) in [5, 5.41) is 12.4. The number of benzene rings is 3. The van der Waals surface area contributed by atoms with Crippen molar-refractivity contribution in [3.05, 3.63) is 95.1 Å². The number of nitrogens with one attached hydrogen (secondary N) is 1. The van der Waals surface area contributed by atoms with E-state index in [0.29, 0.717) is 30.3 Å². The number of carbonyl (C=O) groups excluding carboxylic acids is 1. The quantitative estimate of drug-likeness (QED) is 0.259. The Morgan fingerprint density at radius 1 is 0.919 bits per heavy atom. The highest BCUT2D eigenvalue weighted by molar-refractivity contribution is 5.96. The third-order valence-corrected chi connectivity index (χ3v) is 5.94. The third kappa shape index (κ3) is 8.98. The Bertz CT molecular complexity index is 1140. The predicted octanol–water partition coefficient (Wildman–Crippen LogP) is 6.59. The van der Waals surface area contributed by atoms with Gasteiger partial charge in [0.15, 0.2) is 0 Å². The molecule has 3 rings (SSSR count). The molecule has 6 nitrogen and oxygen atoms in total. The summed E-state index contributed by atoms with van der Waals surface area (Å²) in [6.07, 6.45) is 1.93. The van der Waals surface area contributed by atoms with E-state index in [2.05, 4.69) is 26.1 Å². The van der Waals surface area contributed by atoms with Crippen molar-refractivity contribution in [2.24, 2.45) is 5.92 Å². The normalized spacial score (nSPS) is 11.7. The fraction of sp³-hybridized carbons (Fsp3) is 0.355. The molecule has 37 heavy (non-hydrogen) atoms. The molecule has 0 saturated carbocycles. The first kappa shape index (κ1) is 27.8. The minimum atomic E-state index is -0.897. The van der Waals surface area contributed by atoms with Crippen LogP contribution in [0.2, 0.25) is 0 Å². The molecule has 196 valence electrons. The van der Waals surface area contributed by atoms with Crippen molar-refractivity contribution >= 4 is 11.9 Å². The van der Waals surface area contributed by atoms with Gasteiger partial charge in [-0.3, -0.25) is 9.59 Å². The number of aliphatic carboxylic acids is 1. The lowest BCUT2D eigenvalue weighted by Crippen LogP contribution is -2.30. The largest absolute Gasteiger partial charge is 0.494 e. The average Bonchev–Trinajstić information content (AvgIpc) is 2.90. The Kier molecular flexibility index (Phi) is 10.6. The van der Waals surface area contributed by atoms with Crippen molar-refractivity contribution < 1.29 is 24.2 Å². The average molecular weight is 504 g/mol. The molecular formula is C31H37NO5. The molecule has 0 fully saturated rings. The van der Waals surface area contributed by atoms with Gasteiger partial charge in [-0.05, 0) is 72.2 Å². The number of hydrogen-bond donors (Lipinski definition) is 2. The minimum absolute atomic E-state index is 0.0468. The number of aryl methyl sites for hydroxylation is 1. The standard InChI is InChI=1S/C31H37NO5/c1-4-18-36-27-15-12-25(13-16-27)29(19-22(2)3)32-31(35)28-20-23(10-11-24(28)14-17-30(33)34)21-37-26-8-6-5-7-9-26/h5-13,15-16,20,22,29H,4,14,17-19,21H2,1-3H3,(H,32,35)(H,33,34). The van der Waals surface area contributed by atoms with Gasteiger partial charge in [-0.2, -0.15) is 0 Å². The van der Waals surface area contributed by atoms with Crippen LogP contribution in [0.1, 0.15) is 73.1 Å². The SMILES string of the molecule is CCCOc1ccc(C(CC(C)C)NC(=O)c2cc(COc3ccccc3)ccc2CCC(=O)O)cc1. The summed E-state index contributed by atoms with van der Waals surface area (Å²) >= 11 is 0. The van der Waals surface area contributed by atoms with Crippen LogP contribution in [0.5, 0.6) is 11.5 Å². The van der Waals surface area contributed by atoms with Crippen LogP contribution in [0, 0.1) is 5.92 Å². The summed E-state index contributed by atoms with van der Waals surface area (Å²) in [6, 6.07) is 22.7. The molecule has 0 aliphatic carbocycles. The van der Waals surface area contributed by atoms with Gasteiger partial charge in [0.25, 0.3) is 5.91 Å². The van der Waals surface area contributed by atoms with Crippen LogP contribution in [0.4, 0.5) is 0 Å². The molecule has 1 atom stereocenters. The Hall–Kier alpha value is -3.80. The molecule has 2 N–H and O–H groups in total. The highest BCUT2D eigenvalue weighted by Gasteiger charge is 2.20. The number of amides is 1. The van der Waals surface area contributed by atoms with Gasteiger partial charge in [0, 0.05) is 12.0 Å². The summed E-state index contributed by atoms with van der Waals surface area (Å²) in [5.41, 5.74) is 3.02. The first-order valence-electron chi connectivity index (χ1n) is 12.9. The number of hydrogen-bond acceptors (Lipinski definition) is 4. The third-order valence-electron chi connectivity index (χ3n) is 5.94. The molecule has 0 aliphatic rings. The van der Waals surface area contributed by atoms with Crippen molar-refractivity contribution in [3.8, 4) is 11.5 Å². The van der Waals surface area contributed by atoms with Gasteiger partial charge in [-0.1, -0.05) is 63.2 Å². The fourth-order valence-electron chi connectivity index (χ4n) is 4.07. The van der Waals surface area contributed by atoms with E-state index in [1.54, 1.807) is 0 Å². The topological polar surface area (TPSA) is 84.9 Å². The molecule has 6 heteroatoms. The van der Waals surface area contributed by atoms with Crippen LogP contribution in [0.3, 0.4) is 0 Å². The summed E-state index contributed by atoms with van der Waals surface area (Å²) in [7, 11) is 0. The highest BCUT2D eigenvalue weighted by atomic mass is 16.5. The summed E-state index contributed by atoms with van der Waals surface area (Å²) < 4.78 is 11.6. The molecule has 0 heterocycles. The second kappa shape index (κ2) is 14.1. The van der Waals surface area contributed by atoms with Crippen LogP contribution < -0.4 is 14.8 Å². The number of carboxylic acids is 1. The van der Waals surface area contributed by atoms with Crippen molar-refractivity contribution in [3.63, 3.8) is 0 Å². The second-order valence-electron chi connectivity index (χ2n) is 9.56.